The molecule has 9 heteroatoms. The Labute approximate surface area is 197 Å². The number of fused-ring (bicyclic) bond motifs is 1. The Morgan fingerprint density at radius 3 is 2.62 bits per heavy atom. The topological polar surface area (TPSA) is 107 Å². The van der Waals surface area contributed by atoms with Gasteiger partial charge in [0.15, 0.2) is 6.61 Å². The summed E-state index contributed by atoms with van der Waals surface area (Å²) in [5, 5.41) is 4.80. The molecule has 0 atom stereocenters. The van der Waals surface area contributed by atoms with Crippen molar-refractivity contribution in [3.05, 3.63) is 96.2 Å². The molecule has 0 fully saturated rings. The van der Waals surface area contributed by atoms with Gasteiger partial charge in [-0.2, -0.15) is 13.5 Å². The van der Waals surface area contributed by atoms with Gasteiger partial charge in [-0.25, -0.2) is 5.43 Å². The molecular weight excluding hydrogens is 454 g/mol. The largest absolute Gasteiger partial charge is 0.481 e. The van der Waals surface area contributed by atoms with Gasteiger partial charge in [-0.05, 0) is 48.9 Å². The predicted octanol–water partition coefficient (Wildman–Crippen LogP) is 3.84. The predicted molar refractivity (Wildman–Crippen MR) is 128 cm³/mol. The summed E-state index contributed by atoms with van der Waals surface area (Å²) >= 11 is 0. The number of benzene rings is 3. The van der Waals surface area contributed by atoms with Gasteiger partial charge in [0.1, 0.15) is 21.9 Å². The zero-order valence-electron chi connectivity index (χ0n) is 18.2. The lowest BCUT2D eigenvalue weighted by molar-refractivity contribution is -0.123. The molecule has 3 aromatic carbocycles. The van der Waals surface area contributed by atoms with E-state index in [4.69, 9.17) is 8.92 Å². The number of aromatic nitrogens is 1. The van der Waals surface area contributed by atoms with Crippen molar-refractivity contribution in [2.75, 3.05) is 6.61 Å². The first-order valence-corrected chi connectivity index (χ1v) is 11.7. The zero-order chi connectivity index (χ0) is 24.0. The van der Waals surface area contributed by atoms with Gasteiger partial charge in [-0.3, -0.25) is 9.78 Å². The molecule has 0 bridgehead atoms. The number of carbonyl (C=O) groups is 1. The molecule has 0 spiro atoms. The van der Waals surface area contributed by atoms with Crippen LogP contribution in [0.4, 0.5) is 0 Å². The normalized spacial score (nSPS) is 11.4. The second kappa shape index (κ2) is 10.1. The highest BCUT2D eigenvalue weighted by Crippen LogP contribution is 2.23. The third-order valence-electron chi connectivity index (χ3n) is 4.73. The van der Waals surface area contributed by atoms with Gasteiger partial charge in [0.25, 0.3) is 5.91 Å². The maximum absolute atomic E-state index is 12.5. The molecular formula is C25H21N3O5S. The van der Waals surface area contributed by atoms with E-state index in [9.17, 15) is 13.2 Å². The zero-order valence-corrected chi connectivity index (χ0v) is 19.0. The number of nitrogens with one attached hydrogen (secondary N) is 1. The van der Waals surface area contributed by atoms with Crippen molar-refractivity contribution in [1.82, 2.24) is 10.4 Å². The average Bonchev–Trinajstić information content (AvgIpc) is 2.83. The smallest absolute Gasteiger partial charge is 0.339 e. The van der Waals surface area contributed by atoms with Crippen molar-refractivity contribution in [2.24, 2.45) is 5.10 Å². The van der Waals surface area contributed by atoms with Crippen LogP contribution in [0.5, 0.6) is 11.5 Å². The standard InChI is InChI=1S/C25H21N3O5S/c1-18-10-12-22(13-11-18)34(30,31)33-21-8-2-5-19(15-21)16-27-28-24(29)17-32-23-9-3-6-20-7-4-14-26-25(20)23/h2-16H,17H2,1H3,(H,28,29)/b27-16-. The second-order valence-corrected chi connectivity index (χ2v) is 8.88. The molecule has 0 saturated carbocycles. The van der Waals surface area contributed by atoms with E-state index >= 15 is 0 Å². The summed E-state index contributed by atoms with van der Waals surface area (Å²) in [5.74, 6) is 0.165. The maximum Gasteiger partial charge on any atom is 0.339 e. The minimum absolute atomic E-state index is 0.0610. The Balaban J connectivity index is 1.34. The summed E-state index contributed by atoms with van der Waals surface area (Å²) in [5.41, 5.74) is 4.52. The Kier molecular flexibility index (Phi) is 6.84. The first-order valence-electron chi connectivity index (χ1n) is 10.3. The van der Waals surface area contributed by atoms with Gasteiger partial charge in [0, 0.05) is 11.6 Å². The van der Waals surface area contributed by atoms with Gasteiger partial charge in [0.05, 0.1) is 6.21 Å². The van der Waals surface area contributed by atoms with Crippen molar-refractivity contribution in [1.29, 1.82) is 0 Å². The van der Waals surface area contributed by atoms with Crippen LogP contribution in [0.3, 0.4) is 0 Å². The lowest BCUT2D eigenvalue weighted by atomic mass is 10.2. The first-order chi connectivity index (χ1) is 16.4. The van der Waals surface area contributed by atoms with Crippen molar-refractivity contribution < 1.29 is 22.1 Å². The highest BCUT2D eigenvalue weighted by molar-refractivity contribution is 7.87. The van der Waals surface area contributed by atoms with Crippen LogP contribution in [0.1, 0.15) is 11.1 Å². The molecule has 4 aromatic rings. The summed E-state index contributed by atoms with van der Waals surface area (Å²) in [6.07, 6.45) is 3.03. The minimum atomic E-state index is -3.97. The molecule has 4 rings (SSSR count). The van der Waals surface area contributed by atoms with Crippen LogP contribution < -0.4 is 14.3 Å². The van der Waals surface area contributed by atoms with Gasteiger partial charge in [-0.15, -0.1) is 0 Å². The van der Waals surface area contributed by atoms with Gasteiger partial charge in [0.2, 0.25) is 0 Å². The molecule has 0 radical (unpaired) electrons. The summed E-state index contributed by atoms with van der Waals surface area (Å²) < 4.78 is 35.7. The molecule has 0 aliphatic carbocycles. The van der Waals surface area contributed by atoms with E-state index in [-0.39, 0.29) is 17.3 Å². The molecule has 34 heavy (non-hydrogen) atoms. The van der Waals surface area contributed by atoms with E-state index in [2.05, 4.69) is 15.5 Å². The summed E-state index contributed by atoms with van der Waals surface area (Å²) in [6.45, 7) is 1.62. The average molecular weight is 476 g/mol. The quantitative estimate of drug-likeness (QED) is 0.236. The van der Waals surface area contributed by atoms with Crippen LogP contribution in [0.2, 0.25) is 0 Å². The SMILES string of the molecule is Cc1ccc(S(=O)(=O)Oc2cccc(/C=N\NC(=O)COc3cccc4cccnc34)c2)cc1. The molecule has 172 valence electrons. The van der Waals surface area contributed by atoms with E-state index < -0.39 is 16.0 Å². The van der Waals surface area contributed by atoms with E-state index in [0.29, 0.717) is 16.8 Å². The number of rotatable bonds is 8. The number of hydrogen-bond acceptors (Lipinski definition) is 7. The van der Waals surface area contributed by atoms with Crippen LogP contribution >= 0.6 is 0 Å². The third kappa shape index (κ3) is 5.76. The molecule has 0 unspecified atom stereocenters. The number of para-hydroxylation sites is 1. The molecule has 0 aliphatic heterocycles. The number of pyridine rings is 1. The van der Waals surface area contributed by atoms with Crippen LogP contribution in [0.15, 0.2) is 95.1 Å². The van der Waals surface area contributed by atoms with E-state index in [1.54, 1.807) is 36.5 Å². The fourth-order valence-electron chi connectivity index (χ4n) is 3.07. The van der Waals surface area contributed by atoms with Gasteiger partial charge in [-0.1, -0.05) is 48.0 Å². The van der Waals surface area contributed by atoms with Crippen molar-refractivity contribution in [3.63, 3.8) is 0 Å². The van der Waals surface area contributed by atoms with E-state index in [1.807, 2.05) is 31.2 Å². The van der Waals surface area contributed by atoms with E-state index in [1.165, 1.54) is 30.5 Å². The number of amides is 1. The molecule has 1 amide bonds. The number of ether oxygens (including phenoxy) is 1. The minimum Gasteiger partial charge on any atom is -0.481 e. The highest BCUT2D eigenvalue weighted by atomic mass is 32.2. The Morgan fingerprint density at radius 2 is 1.79 bits per heavy atom. The van der Waals surface area contributed by atoms with Crippen molar-refractivity contribution in [2.45, 2.75) is 11.8 Å². The number of nitrogens with zero attached hydrogens (tertiary/aromatic N) is 2. The fourth-order valence-corrected chi connectivity index (χ4v) is 4.00. The molecule has 0 saturated heterocycles. The van der Waals surface area contributed by atoms with Crippen LogP contribution in [0, 0.1) is 6.92 Å². The Bertz CT molecular complexity index is 1450. The molecule has 1 aromatic heterocycles. The van der Waals surface area contributed by atoms with Crippen LogP contribution in [-0.4, -0.2) is 32.1 Å². The molecule has 8 nitrogen and oxygen atoms in total. The summed E-state index contributed by atoms with van der Waals surface area (Å²) in [6, 6.07) is 21.9. The Morgan fingerprint density at radius 1 is 1.03 bits per heavy atom. The maximum atomic E-state index is 12.5. The molecule has 0 aliphatic rings. The number of hydrogen-bond donors (Lipinski definition) is 1. The fraction of sp³-hybridized carbons (Fsp3) is 0.0800. The first kappa shape index (κ1) is 22.9. The summed E-state index contributed by atoms with van der Waals surface area (Å²) in [4.78, 5) is 16.4. The number of hydrazone groups is 1. The van der Waals surface area contributed by atoms with Gasteiger partial charge >= 0.3 is 10.1 Å². The second-order valence-electron chi connectivity index (χ2n) is 7.34. The molecule has 1 N–H and O–H groups in total. The Hall–Kier alpha value is -4.24. The lowest BCUT2D eigenvalue weighted by Gasteiger charge is -2.08. The lowest BCUT2D eigenvalue weighted by Crippen LogP contribution is -2.24. The third-order valence-corrected chi connectivity index (χ3v) is 5.99. The van der Waals surface area contributed by atoms with Gasteiger partial charge < -0.3 is 8.92 Å². The van der Waals surface area contributed by atoms with Crippen LogP contribution in [0.25, 0.3) is 10.9 Å². The number of carbonyl (C=O) groups excluding carboxylic acids is 1. The number of aryl methyl sites for hydroxylation is 1. The van der Waals surface area contributed by atoms with Crippen LogP contribution in [-0.2, 0) is 14.9 Å². The van der Waals surface area contributed by atoms with E-state index in [0.717, 1.165) is 10.9 Å². The summed E-state index contributed by atoms with van der Waals surface area (Å²) in [7, 11) is -3.97. The molecule has 1 heterocycles. The van der Waals surface area contributed by atoms with Crippen molar-refractivity contribution in [3.8, 4) is 11.5 Å². The highest BCUT2D eigenvalue weighted by Gasteiger charge is 2.16. The monoisotopic (exact) mass is 475 g/mol. The van der Waals surface area contributed by atoms with Crippen molar-refractivity contribution >= 4 is 33.1 Å².